The minimum atomic E-state index is 0.143. The van der Waals surface area contributed by atoms with Crippen LogP contribution in [0.5, 0.6) is 0 Å². The summed E-state index contributed by atoms with van der Waals surface area (Å²) in [7, 11) is 0. The Balaban J connectivity index is 4.16. The van der Waals surface area contributed by atoms with Crippen molar-refractivity contribution < 1.29 is 4.84 Å². The van der Waals surface area contributed by atoms with Crippen molar-refractivity contribution in [1.29, 1.82) is 0 Å². The second-order valence-corrected chi connectivity index (χ2v) is 3.56. The monoisotopic (exact) mass is 157 g/mol. The van der Waals surface area contributed by atoms with Crippen LogP contribution in [0.4, 0.5) is 0 Å². The van der Waals surface area contributed by atoms with E-state index < -0.39 is 0 Å². The van der Waals surface area contributed by atoms with E-state index in [0.717, 1.165) is 12.1 Å². The van der Waals surface area contributed by atoms with Gasteiger partial charge in [-0.3, -0.25) is 0 Å². The van der Waals surface area contributed by atoms with E-state index in [0.29, 0.717) is 6.61 Å². The highest BCUT2D eigenvalue weighted by Gasteiger charge is 2.17. The maximum absolute atomic E-state index is 5.00. The molecule has 0 rings (SSSR count). The van der Waals surface area contributed by atoms with Crippen molar-refractivity contribution in [2.24, 2.45) is 10.6 Å². The number of hydrogen-bond donors (Lipinski definition) is 0. The van der Waals surface area contributed by atoms with E-state index in [1.54, 1.807) is 0 Å². The molecule has 0 bridgehead atoms. The second-order valence-electron chi connectivity index (χ2n) is 3.56. The minimum Gasteiger partial charge on any atom is -0.396 e. The highest BCUT2D eigenvalue weighted by molar-refractivity contribution is 5.88. The Morgan fingerprint density at radius 3 is 2.09 bits per heavy atom. The molecule has 0 N–H and O–H groups in total. The fraction of sp³-hybridized carbons (Fsp3) is 0.889. The highest BCUT2D eigenvalue weighted by atomic mass is 16.6. The van der Waals surface area contributed by atoms with Gasteiger partial charge < -0.3 is 4.84 Å². The fourth-order valence-corrected chi connectivity index (χ4v) is 0.874. The lowest BCUT2D eigenvalue weighted by Crippen LogP contribution is -2.19. The SMILES string of the molecule is CCO/N=C(\CC)C(C)(C)C. The lowest BCUT2D eigenvalue weighted by Gasteiger charge is -2.19. The van der Waals surface area contributed by atoms with Gasteiger partial charge in [0.25, 0.3) is 0 Å². The van der Waals surface area contributed by atoms with Crippen LogP contribution in [0.1, 0.15) is 41.0 Å². The Morgan fingerprint density at radius 2 is 1.82 bits per heavy atom. The predicted octanol–water partition coefficient (Wildman–Crippen LogP) is 2.84. The van der Waals surface area contributed by atoms with Crippen molar-refractivity contribution in [3.05, 3.63) is 0 Å². The molecule has 0 saturated carbocycles. The topological polar surface area (TPSA) is 21.6 Å². The van der Waals surface area contributed by atoms with E-state index >= 15 is 0 Å². The van der Waals surface area contributed by atoms with Crippen LogP contribution in [0.2, 0.25) is 0 Å². The quantitative estimate of drug-likeness (QED) is 0.456. The molecule has 0 aromatic carbocycles. The predicted molar refractivity (Wildman–Crippen MR) is 48.8 cm³/mol. The van der Waals surface area contributed by atoms with E-state index in [2.05, 4.69) is 32.9 Å². The van der Waals surface area contributed by atoms with Crippen LogP contribution in [-0.2, 0) is 4.84 Å². The summed E-state index contributed by atoms with van der Waals surface area (Å²) in [6.07, 6.45) is 0.962. The average Bonchev–Trinajstić information content (AvgIpc) is 1.87. The Kier molecular flexibility index (Phi) is 4.16. The molecule has 0 aliphatic carbocycles. The van der Waals surface area contributed by atoms with E-state index in [1.807, 2.05) is 6.92 Å². The lowest BCUT2D eigenvalue weighted by molar-refractivity contribution is 0.155. The van der Waals surface area contributed by atoms with Gasteiger partial charge in [0.15, 0.2) is 0 Å². The summed E-state index contributed by atoms with van der Waals surface area (Å²) < 4.78 is 0. The number of rotatable bonds is 3. The first-order valence-corrected chi connectivity index (χ1v) is 4.21. The van der Waals surface area contributed by atoms with Crippen molar-refractivity contribution in [2.45, 2.75) is 41.0 Å². The zero-order valence-corrected chi connectivity index (χ0v) is 8.27. The molecule has 0 amide bonds. The van der Waals surface area contributed by atoms with E-state index in [-0.39, 0.29) is 5.41 Å². The minimum absolute atomic E-state index is 0.143. The van der Waals surface area contributed by atoms with Crippen LogP contribution in [0.15, 0.2) is 5.16 Å². The van der Waals surface area contributed by atoms with E-state index in [1.165, 1.54) is 0 Å². The summed E-state index contributed by atoms with van der Waals surface area (Å²) in [4.78, 5) is 5.00. The molecule has 2 heteroatoms. The van der Waals surface area contributed by atoms with Crippen LogP contribution in [0.25, 0.3) is 0 Å². The van der Waals surface area contributed by atoms with Crippen LogP contribution in [0.3, 0.4) is 0 Å². The molecule has 0 unspecified atom stereocenters. The van der Waals surface area contributed by atoms with E-state index in [9.17, 15) is 0 Å². The van der Waals surface area contributed by atoms with Crippen molar-refractivity contribution in [3.8, 4) is 0 Å². The summed E-state index contributed by atoms with van der Waals surface area (Å²) >= 11 is 0. The van der Waals surface area contributed by atoms with Crippen molar-refractivity contribution in [2.75, 3.05) is 6.61 Å². The van der Waals surface area contributed by atoms with Gasteiger partial charge in [-0.25, -0.2) is 0 Å². The van der Waals surface area contributed by atoms with Crippen molar-refractivity contribution >= 4 is 5.71 Å². The van der Waals surface area contributed by atoms with Crippen LogP contribution >= 0.6 is 0 Å². The van der Waals surface area contributed by atoms with Gasteiger partial charge in [0, 0.05) is 5.41 Å². The molecule has 66 valence electrons. The molecule has 2 nitrogen and oxygen atoms in total. The molecular weight excluding hydrogens is 138 g/mol. The average molecular weight is 157 g/mol. The van der Waals surface area contributed by atoms with Gasteiger partial charge in [-0.05, 0) is 13.3 Å². The van der Waals surface area contributed by atoms with Gasteiger partial charge in [0.1, 0.15) is 6.61 Å². The Bertz CT molecular complexity index is 133. The lowest BCUT2D eigenvalue weighted by atomic mass is 9.89. The van der Waals surface area contributed by atoms with Gasteiger partial charge in [-0.15, -0.1) is 0 Å². The molecule has 11 heavy (non-hydrogen) atoms. The first-order valence-electron chi connectivity index (χ1n) is 4.21. The van der Waals surface area contributed by atoms with Crippen LogP contribution in [0, 0.1) is 5.41 Å². The number of nitrogens with zero attached hydrogens (tertiary/aromatic N) is 1. The Hall–Kier alpha value is -0.530. The van der Waals surface area contributed by atoms with Gasteiger partial charge in [-0.2, -0.15) is 0 Å². The third-order valence-corrected chi connectivity index (χ3v) is 1.50. The van der Waals surface area contributed by atoms with Crippen LogP contribution < -0.4 is 0 Å². The molecule has 0 spiro atoms. The fourth-order valence-electron chi connectivity index (χ4n) is 0.874. The Labute approximate surface area is 69.6 Å². The molecule has 0 heterocycles. The molecule has 0 saturated heterocycles. The third kappa shape index (κ3) is 4.02. The molecular formula is C9H19NO. The first-order chi connectivity index (χ1) is 5.02. The van der Waals surface area contributed by atoms with Crippen molar-refractivity contribution in [1.82, 2.24) is 0 Å². The zero-order chi connectivity index (χ0) is 8.91. The summed E-state index contributed by atoms with van der Waals surface area (Å²) in [6, 6.07) is 0. The van der Waals surface area contributed by atoms with Gasteiger partial charge in [-0.1, -0.05) is 32.9 Å². The zero-order valence-electron chi connectivity index (χ0n) is 8.27. The van der Waals surface area contributed by atoms with Crippen molar-refractivity contribution in [3.63, 3.8) is 0 Å². The van der Waals surface area contributed by atoms with E-state index in [4.69, 9.17) is 4.84 Å². The standard InChI is InChI=1S/C9H19NO/c1-6-8(9(3,4)5)10-11-7-2/h6-7H2,1-5H3/b10-8+. The number of oxime groups is 1. The molecule has 0 aromatic heterocycles. The normalized spacial score (nSPS) is 13.4. The highest BCUT2D eigenvalue weighted by Crippen LogP contribution is 2.18. The second kappa shape index (κ2) is 4.37. The first kappa shape index (κ1) is 10.5. The molecule has 0 aromatic rings. The molecule has 0 aliphatic rings. The molecule has 0 aliphatic heterocycles. The summed E-state index contributed by atoms with van der Waals surface area (Å²) in [5, 5.41) is 4.05. The maximum atomic E-state index is 5.00. The maximum Gasteiger partial charge on any atom is 0.114 e. The molecule has 0 radical (unpaired) electrons. The van der Waals surface area contributed by atoms with Gasteiger partial charge >= 0.3 is 0 Å². The van der Waals surface area contributed by atoms with Gasteiger partial charge in [0.05, 0.1) is 5.71 Å². The summed E-state index contributed by atoms with van der Waals surface area (Å²) in [5.41, 5.74) is 1.27. The largest absolute Gasteiger partial charge is 0.396 e. The Morgan fingerprint density at radius 1 is 1.27 bits per heavy atom. The smallest absolute Gasteiger partial charge is 0.114 e. The summed E-state index contributed by atoms with van der Waals surface area (Å²) in [6.45, 7) is 11.1. The van der Waals surface area contributed by atoms with Crippen LogP contribution in [-0.4, -0.2) is 12.3 Å². The number of hydrogen-bond acceptors (Lipinski definition) is 2. The third-order valence-electron chi connectivity index (χ3n) is 1.50. The summed E-state index contributed by atoms with van der Waals surface area (Å²) in [5.74, 6) is 0. The molecule has 0 atom stereocenters. The van der Waals surface area contributed by atoms with Gasteiger partial charge in [0.2, 0.25) is 0 Å². The molecule has 0 fully saturated rings.